The topological polar surface area (TPSA) is 28.6 Å². The van der Waals surface area contributed by atoms with Gasteiger partial charge in [0, 0.05) is 22.4 Å². The van der Waals surface area contributed by atoms with Crippen LogP contribution in [0.4, 0.5) is 34.1 Å². The highest BCUT2D eigenvalue weighted by molar-refractivity contribution is 6.04. The SMILES string of the molecule is c1ccc(-c2cc(N3c4ccccc4Oc4ccc5c(c43)-c3ccccc3C53c4ccccc4N(c4ccccc4)c4ccccc43)cc(-c3ccccc3)n2)cc1. The highest BCUT2D eigenvalue weighted by Gasteiger charge is 2.53. The van der Waals surface area contributed by atoms with Crippen molar-refractivity contribution in [3.8, 4) is 45.1 Å². The molecule has 4 nitrogen and oxygen atoms in total. The van der Waals surface area contributed by atoms with Gasteiger partial charge in [-0.25, -0.2) is 4.98 Å². The minimum Gasteiger partial charge on any atom is -0.453 e. The molecule has 8 aromatic carbocycles. The Morgan fingerprint density at radius 1 is 0.379 bits per heavy atom. The highest BCUT2D eigenvalue weighted by Crippen LogP contribution is 2.67. The summed E-state index contributed by atoms with van der Waals surface area (Å²) in [6, 6.07) is 76.0. The first-order valence-corrected chi connectivity index (χ1v) is 19.8. The Balaban J connectivity index is 1.18. The summed E-state index contributed by atoms with van der Waals surface area (Å²) in [6.07, 6.45) is 0. The predicted molar refractivity (Wildman–Crippen MR) is 235 cm³/mol. The number of hydrogen-bond donors (Lipinski definition) is 0. The van der Waals surface area contributed by atoms with E-state index in [2.05, 4.69) is 216 Å². The van der Waals surface area contributed by atoms with Gasteiger partial charge in [-0.05, 0) is 82.4 Å². The van der Waals surface area contributed by atoms with Crippen LogP contribution in [0.2, 0.25) is 0 Å². The zero-order valence-corrected chi connectivity index (χ0v) is 31.5. The fraction of sp³-hybridized carbons (Fsp3) is 0.0185. The standard InChI is InChI=1S/C54H35N3O/c1-4-18-36(19-5-1)45-34-39(35-46(55-45)37-20-6-2-7-21-37)57-49-30-16-17-31-50(49)58-51-33-32-44-52(53(51)57)40-24-10-11-25-41(40)54(44)42-26-12-14-28-47(42)56(38-22-8-3-9-23-38)48-29-15-13-27-43(48)54/h1-35H. The molecule has 0 atom stereocenters. The molecule has 0 saturated heterocycles. The van der Waals surface area contributed by atoms with Gasteiger partial charge in [-0.3, -0.25) is 0 Å². The molecule has 1 aliphatic carbocycles. The molecule has 4 heteroatoms. The van der Waals surface area contributed by atoms with E-state index in [1.54, 1.807) is 0 Å². The fourth-order valence-corrected chi connectivity index (χ4v) is 9.71. The average molecular weight is 742 g/mol. The minimum absolute atomic E-state index is 0.606. The summed E-state index contributed by atoms with van der Waals surface area (Å²) in [7, 11) is 0. The number of rotatable bonds is 4. The summed E-state index contributed by atoms with van der Waals surface area (Å²) < 4.78 is 6.92. The molecule has 2 aliphatic heterocycles. The fourth-order valence-electron chi connectivity index (χ4n) is 9.71. The summed E-state index contributed by atoms with van der Waals surface area (Å²) in [5.74, 6) is 1.62. The second-order valence-electron chi connectivity index (χ2n) is 15.1. The number of nitrogens with zero attached hydrogens (tertiary/aromatic N) is 3. The van der Waals surface area contributed by atoms with E-state index in [0.717, 1.165) is 56.8 Å². The first-order valence-electron chi connectivity index (χ1n) is 19.8. The summed E-state index contributed by atoms with van der Waals surface area (Å²) in [5.41, 5.74) is 17.1. The number of hydrogen-bond acceptors (Lipinski definition) is 4. The number of para-hydroxylation sites is 5. The van der Waals surface area contributed by atoms with Crippen LogP contribution >= 0.6 is 0 Å². The molecule has 0 amide bonds. The summed E-state index contributed by atoms with van der Waals surface area (Å²) in [4.78, 5) is 10.1. The van der Waals surface area contributed by atoms with Crippen LogP contribution in [0.1, 0.15) is 22.3 Å². The lowest BCUT2D eigenvalue weighted by Crippen LogP contribution is -2.36. The maximum Gasteiger partial charge on any atom is 0.152 e. The number of aromatic nitrogens is 1. The third kappa shape index (κ3) is 4.60. The van der Waals surface area contributed by atoms with Gasteiger partial charge in [0.15, 0.2) is 11.5 Å². The molecule has 3 heterocycles. The van der Waals surface area contributed by atoms with E-state index < -0.39 is 5.41 Å². The van der Waals surface area contributed by atoms with E-state index in [1.165, 1.54) is 44.8 Å². The molecule has 58 heavy (non-hydrogen) atoms. The summed E-state index contributed by atoms with van der Waals surface area (Å²) >= 11 is 0. The Kier molecular flexibility index (Phi) is 7.11. The Labute approximate surface area is 337 Å². The third-order valence-corrected chi connectivity index (χ3v) is 12.0. The van der Waals surface area contributed by atoms with Crippen LogP contribution in [0.15, 0.2) is 212 Å². The van der Waals surface area contributed by atoms with Crippen molar-refractivity contribution in [2.24, 2.45) is 0 Å². The molecule has 0 radical (unpaired) electrons. The molecular weight excluding hydrogens is 707 g/mol. The second kappa shape index (κ2) is 12.7. The molecular formula is C54H35N3O. The molecule has 0 saturated carbocycles. The van der Waals surface area contributed by atoms with Crippen molar-refractivity contribution in [2.45, 2.75) is 5.41 Å². The Bertz CT molecular complexity index is 2950. The van der Waals surface area contributed by atoms with E-state index in [1.807, 2.05) is 6.07 Å². The van der Waals surface area contributed by atoms with Crippen LogP contribution in [0.5, 0.6) is 11.5 Å². The van der Waals surface area contributed by atoms with Gasteiger partial charge in [-0.2, -0.15) is 0 Å². The second-order valence-corrected chi connectivity index (χ2v) is 15.1. The van der Waals surface area contributed by atoms with Crippen LogP contribution in [-0.2, 0) is 5.41 Å². The molecule has 9 aromatic rings. The van der Waals surface area contributed by atoms with Gasteiger partial charge in [0.25, 0.3) is 0 Å². The molecule has 1 aromatic heterocycles. The van der Waals surface area contributed by atoms with Crippen molar-refractivity contribution in [1.29, 1.82) is 0 Å². The monoisotopic (exact) mass is 741 g/mol. The lowest BCUT2D eigenvalue weighted by Gasteiger charge is -2.45. The highest BCUT2D eigenvalue weighted by atomic mass is 16.5. The van der Waals surface area contributed by atoms with Gasteiger partial charge in [-0.1, -0.05) is 158 Å². The minimum atomic E-state index is -0.606. The van der Waals surface area contributed by atoms with Crippen LogP contribution in [-0.4, -0.2) is 4.98 Å². The lowest BCUT2D eigenvalue weighted by atomic mass is 9.64. The zero-order chi connectivity index (χ0) is 38.2. The first kappa shape index (κ1) is 32.5. The molecule has 0 bridgehead atoms. The van der Waals surface area contributed by atoms with E-state index in [4.69, 9.17) is 9.72 Å². The van der Waals surface area contributed by atoms with E-state index in [9.17, 15) is 0 Å². The maximum absolute atomic E-state index is 6.92. The number of fused-ring (bicyclic) bond motifs is 12. The van der Waals surface area contributed by atoms with Crippen LogP contribution in [0.3, 0.4) is 0 Å². The molecule has 1 spiro atoms. The van der Waals surface area contributed by atoms with Crippen molar-refractivity contribution in [3.63, 3.8) is 0 Å². The lowest BCUT2D eigenvalue weighted by molar-refractivity contribution is 0.477. The smallest absolute Gasteiger partial charge is 0.152 e. The van der Waals surface area contributed by atoms with E-state index in [0.29, 0.717) is 0 Å². The number of ether oxygens (including phenoxy) is 1. The van der Waals surface area contributed by atoms with Crippen molar-refractivity contribution in [3.05, 3.63) is 235 Å². The van der Waals surface area contributed by atoms with Crippen molar-refractivity contribution in [2.75, 3.05) is 9.80 Å². The Morgan fingerprint density at radius 3 is 1.53 bits per heavy atom. The Hall–Kier alpha value is -7.69. The molecule has 0 N–H and O–H groups in total. The first-order chi connectivity index (χ1) is 28.8. The van der Waals surface area contributed by atoms with Crippen LogP contribution < -0.4 is 14.5 Å². The van der Waals surface area contributed by atoms with E-state index in [-0.39, 0.29) is 0 Å². The molecule has 0 fully saturated rings. The normalized spacial score (nSPS) is 13.7. The third-order valence-electron chi connectivity index (χ3n) is 12.0. The van der Waals surface area contributed by atoms with Gasteiger partial charge in [0.05, 0.1) is 45.2 Å². The number of pyridine rings is 1. The number of benzene rings is 8. The van der Waals surface area contributed by atoms with Gasteiger partial charge < -0.3 is 14.5 Å². The number of anilines is 6. The van der Waals surface area contributed by atoms with Gasteiger partial charge in [0.2, 0.25) is 0 Å². The van der Waals surface area contributed by atoms with E-state index >= 15 is 0 Å². The predicted octanol–water partition coefficient (Wildman–Crippen LogP) is 14.1. The quantitative estimate of drug-likeness (QED) is 0.180. The van der Waals surface area contributed by atoms with Crippen molar-refractivity contribution in [1.82, 2.24) is 4.98 Å². The average Bonchev–Trinajstić information content (AvgIpc) is 3.60. The molecule has 3 aliphatic rings. The zero-order valence-electron chi connectivity index (χ0n) is 31.5. The van der Waals surface area contributed by atoms with Crippen LogP contribution in [0, 0.1) is 0 Å². The van der Waals surface area contributed by atoms with Crippen molar-refractivity contribution < 1.29 is 4.74 Å². The van der Waals surface area contributed by atoms with Crippen LogP contribution in [0.25, 0.3) is 33.6 Å². The maximum atomic E-state index is 6.92. The van der Waals surface area contributed by atoms with Crippen molar-refractivity contribution >= 4 is 34.1 Å². The summed E-state index contributed by atoms with van der Waals surface area (Å²) in [6.45, 7) is 0. The molecule has 0 unspecified atom stereocenters. The summed E-state index contributed by atoms with van der Waals surface area (Å²) in [5, 5.41) is 0. The van der Waals surface area contributed by atoms with Gasteiger partial charge in [-0.15, -0.1) is 0 Å². The van der Waals surface area contributed by atoms with Gasteiger partial charge >= 0.3 is 0 Å². The molecule has 272 valence electrons. The Morgan fingerprint density at radius 2 is 0.897 bits per heavy atom. The molecule has 12 rings (SSSR count). The van der Waals surface area contributed by atoms with Gasteiger partial charge in [0.1, 0.15) is 0 Å². The largest absolute Gasteiger partial charge is 0.453 e.